The summed E-state index contributed by atoms with van der Waals surface area (Å²) < 4.78 is 3.30. The minimum atomic E-state index is -0.347. The van der Waals surface area contributed by atoms with E-state index in [1.807, 2.05) is 93.6 Å². The number of aryl methyl sites for hydroxylation is 2. The maximum Gasteiger partial charge on any atom is 0.295 e. The van der Waals surface area contributed by atoms with E-state index in [2.05, 4.69) is 11.4 Å². The fraction of sp³-hybridized carbons (Fsp3) is 0.138. The van der Waals surface area contributed by atoms with Crippen LogP contribution >= 0.6 is 0 Å². The standard InChI is InChI=1S/C29H26N4O2/c1-18-14-15-22(19(2)16-18)26-17-24(23-12-8-9-13-25(23)30-26)28(34)31-27-20(3)32(4)33(29(27)35)21-10-6-5-7-11-21/h5-17H,1-4H3,(H,31,34). The molecule has 174 valence electrons. The number of hydrogen-bond donors (Lipinski definition) is 1. The van der Waals surface area contributed by atoms with Gasteiger partial charge in [0.25, 0.3) is 11.5 Å². The third-order valence-electron chi connectivity index (χ3n) is 6.41. The molecule has 35 heavy (non-hydrogen) atoms. The summed E-state index contributed by atoms with van der Waals surface area (Å²) in [6, 6.07) is 24.9. The van der Waals surface area contributed by atoms with Crippen molar-refractivity contribution < 1.29 is 4.79 Å². The van der Waals surface area contributed by atoms with Crippen molar-refractivity contribution in [2.75, 3.05) is 5.32 Å². The minimum absolute atomic E-state index is 0.260. The highest BCUT2D eigenvalue weighted by Crippen LogP contribution is 2.28. The van der Waals surface area contributed by atoms with Gasteiger partial charge in [0.15, 0.2) is 0 Å². The molecule has 0 fully saturated rings. The number of aromatic nitrogens is 3. The summed E-state index contributed by atoms with van der Waals surface area (Å²) in [7, 11) is 1.81. The van der Waals surface area contributed by atoms with Crippen molar-refractivity contribution >= 4 is 22.5 Å². The molecule has 2 heterocycles. The summed E-state index contributed by atoms with van der Waals surface area (Å²) >= 11 is 0. The number of hydrogen-bond acceptors (Lipinski definition) is 3. The first-order chi connectivity index (χ1) is 16.8. The van der Waals surface area contributed by atoms with Gasteiger partial charge in [-0.05, 0) is 50.6 Å². The Morgan fingerprint density at radius 1 is 0.886 bits per heavy atom. The van der Waals surface area contributed by atoms with E-state index in [1.165, 1.54) is 5.56 Å². The number of anilines is 1. The van der Waals surface area contributed by atoms with Gasteiger partial charge in [-0.1, -0.05) is 60.2 Å². The number of carbonyl (C=O) groups excluding carboxylic acids is 1. The molecule has 3 aromatic carbocycles. The maximum atomic E-state index is 13.6. The van der Waals surface area contributed by atoms with Crippen LogP contribution in [-0.4, -0.2) is 20.3 Å². The zero-order chi connectivity index (χ0) is 24.7. The van der Waals surface area contributed by atoms with Gasteiger partial charge in [0.05, 0.1) is 28.2 Å². The molecule has 0 aliphatic heterocycles. The first kappa shape index (κ1) is 22.3. The van der Waals surface area contributed by atoms with Gasteiger partial charge in [0.1, 0.15) is 5.69 Å². The molecule has 6 heteroatoms. The lowest BCUT2D eigenvalue weighted by atomic mass is 9.99. The number of rotatable bonds is 4. The van der Waals surface area contributed by atoms with E-state index in [-0.39, 0.29) is 17.2 Å². The normalized spacial score (nSPS) is 11.1. The Labute approximate surface area is 203 Å². The van der Waals surface area contributed by atoms with Crippen molar-refractivity contribution in [3.05, 3.63) is 112 Å². The molecule has 0 radical (unpaired) electrons. The largest absolute Gasteiger partial charge is 0.316 e. The molecule has 0 bridgehead atoms. The summed E-state index contributed by atoms with van der Waals surface area (Å²) in [5.74, 6) is -0.347. The fourth-order valence-electron chi connectivity index (χ4n) is 4.50. The molecule has 1 N–H and O–H groups in total. The van der Waals surface area contributed by atoms with E-state index in [9.17, 15) is 9.59 Å². The van der Waals surface area contributed by atoms with E-state index in [4.69, 9.17) is 4.98 Å². The Balaban J connectivity index is 1.62. The SMILES string of the molecule is Cc1ccc(-c2cc(C(=O)Nc3c(C)n(C)n(-c4ccccc4)c3=O)c3ccccc3n2)c(C)c1. The van der Waals surface area contributed by atoms with Crippen LogP contribution in [0.3, 0.4) is 0 Å². The topological polar surface area (TPSA) is 68.9 Å². The van der Waals surface area contributed by atoms with Crippen LogP contribution in [-0.2, 0) is 7.05 Å². The highest BCUT2D eigenvalue weighted by atomic mass is 16.2. The lowest BCUT2D eigenvalue weighted by molar-refractivity contribution is 0.102. The summed E-state index contributed by atoms with van der Waals surface area (Å²) in [6.45, 7) is 5.91. The first-order valence-electron chi connectivity index (χ1n) is 11.5. The molecule has 5 rings (SSSR count). The second-order valence-electron chi connectivity index (χ2n) is 8.78. The number of benzene rings is 3. The summed E-state index contributed by atoms with van der Waals surface area (Å²) in [6.07, 6.45) is 0. The second-order valence-corrected chi connectivity index (χ2v) is 8.78. The molecule has 0 unspecified atom stereocenters. The molecule has 1 amide bonds. The predicted molar refractivity (Wildman–Crippen MR) is 140 cm³/mol. The van der Waals surface area contributed by atoms with Crippen molar-refractivity contribution in [1.82, 2.24) is 14.3 Å². The van der Waals surface area contributed by atoms with Gasteiger partial charge in [-0.2, -0.15) is 0 Å². The van der Waals surface area contributed by atoms with Gasteiger partial charge < -0.3 is 5.32 Å². The molecule has 5 aromatic rings. The average molecular weight is 463 g/mol. The molecule has 0 saturated carbocycles. The Morgan fingerprint density at radius 3 is 2.34 bits per heavy atom. The highest BCUT2D eigenvalue weighted by molar-refractivity contribution is 6.13. The quantitative estimate of drug-likeness (QED) is 0.380. The number of nitrogens with zero attached hydrogens (tertiary/aromatic N) is 3. The molecule has 0 aliphatic carbocycles. The molecule has 6 nitrogen and oxygen atoms in total. The van der Waals surface area contributed by atoms with Gasteiger partial charge >= 0.3 is 0 Å². The Morgan fingerprint density at radius 2 is 1.60 bits per heavy atom. The summed E-state index contributed by atoms with van der Waals surface area (Å²) in [4.78, 5) is 31.8. The van der Waals surface area contributed by atoms with E-state index in [0.29, 0.717) is 11.3 Å². The molecular weight excluding hydrogens is 436 g/mol. The van der Waals surface area contributed by atoms with Gasteiger partial charge in [-0.25, -0.2) is 9.67 Å². The molecule has 2 aromatic heterocycles. The van der Waals surface area contributed by atoms with Crippen LogP contribution in [0.15, 0.2) is 83.7 Å². The zero-order valence-corrected chi connectivity index (χ0v) is 20.2. The van der Waals surface area contributed by atoms with Crippen LogP contribution in [0.2, 0.25) is 0 Å². The van der Waals surface area contributed by atoms with E-state index in [1.54, 1.807) is 16.4 Å². The molecular formula is C29H26N4O2. The average Bonchev–Trinajstić information content (AvgIpc) is 3.06. The van der Waals surface area contributed by atoms with Crippen molar-refractivity contribution in [1.29, 1.82) is 0 Å². The lowest BCUT2D eigenvalue weighted by Crippen LogP contribution is -2.23. The minimum Gasteiger partial charge on any atom is -0.316 e. The monoisotopic (exact) mass is 462 g/mol. The van der Waals surface area contributed by atoms with Crippen molar-refractivity contribution in [2.24, 2.45) is 7.05 Å². The smallest absolute Gasteiger partial charge is 0.295 e. The fourth-order valence-corrected chi connectivity index (χ4v) is 4.50. The van der Waals surface area contributed by atoms with Crippen LogP contribution in [0.4, 0.5) is 5.69 Å². The van der Waals surface area contributed by atoms with E-state index < -0.39 is 0 Å². The van der Waals surface area contributed by atoms with Crippen LogP contribution in [0.25, 0.3) is 27.8 Å². The van der Waals surface area contributed by atoms with Crippen molar-refractivity contribution in [2.45, 2.75) is 20.8 Å². The molecule has 0 atom stereocenters. The third-order valence-corrected chi connectivity index (χ3v) is 6.41. The van der Waals surface area contributed by atoms with E-state index >= 15 is 0 Å². The van der Waals surface area contributed by atoms with Crippen molar-refractivity contribution in [3.8, 4) is 16.9 Å². The van der Waals surface area contributed by atoms with Crippen LogP contribution in [0.1, 0.15) is 27.2 Å². The van der Waals surface area contributed by atoms with Crippen LogP contribution in [0, 0.1) is 20.8 Å². The van der Waals surface area contributed by atoms with E-state index in [0.717, 1.165) is 33.4 Å². The predicted octanol–water partition coefficient (Wildman–Crippen LogP) is 5.57. The number of para-hydroxylation sites is 2. The summed E-state index contributed by atoms with van der Waals surface area (Å²) in [5, 5.41) is 3.63. The van der Waals surface area contributed by atoms with Gasteiger partial charge in [-0.15, -0.1) is 0 Å². The molecule has 0 spiro atoms. The third kappa shape index (κ3) is 3.93. The van der Waals surface area contributed by atoms with Crippen LogP contribution in [0.5, 0.6) is 0 Å². The van der Waals surface area contributed by atoms with Gasteiger partial charge in [0, 0.05) is 18.0 Å². The maximum absolute atomic E-state index is 13.6. The molecule has 0 saturated heterocycles. The van der Waals surface area contributed by atoms with Crippen molar-refractivity contribution in [3.63, 3.8) is 0 Å². The number of amides is 1. The lowest BCUT2D eigenvalue weighted by Gasteiger charge is -2.12. The Bertz CT molecular complexity index is 1650. The zero-order valence-electron chi connectivity index (χ0n) is 20.2. The Hall–Kier alpha value is -4.45. The Kier molecular flexibility index (Phi) is 5.57. The van der Waals surface area contributed by atoms with Crippen LogP contribution < -0.4 is 10.9 Å². The number of fused-ring (bicyclic) bond motifs is 1. The number of pyridine rings is 1. The highest BCUT2D eigenvalue weighted by Gasteiger charge is 2.21. The second kappa shape index (κ2) is 8.72. The number of carbonyl (C=O) groups is 1. The molecule has 0 aliphatic rings. The summed E-state index contributed by atoms with van der Waals surface area (Å²) in [5.41, 5.74) is 6.52. The van der Waals surface area contributed by atoms with Gasteiger partial charge in [-0.3, -0.25) is 14.3 Å². The van der Waals surface area contributed by atoms with Gasteiger partial charge in [0.2, 0.25) is 0 Å². The first-order valence-corrected chi connectivity index (χ1v) is 11.5. The number of nitrogens with one attached hydrogen (secondary N) is 1.